The van der Waals surface area contributed by atoms with Crippen molar-refractivity contribution in [3.63, 3.8) is 0 Å². The molecule has 0 spiro atoms. The first-order valence-electron chi connectivity index (χ1n) is 8.38. The number of halogens is 1. The molecule has 1 heterocycles. The van der Waals surface area contributed by atoms with E-state index in [0.29, 0.717) is 17.1 Å². The van der Waals surface area contributed by atoms with Crippen molar-refractivity contribution in [2.75, 3.05) is 25.5 Å². The molecule has 2 aromatic carbocycles. The van der Waals surface area contributed by atoms with Gasteiger partial charge in [-0.15, -0.1) is 0 Å². The van der Waals surface area contributed by atoms with E-state index in [1.54, 1.807) is 37.6 Å². The highest BCUT2D eigenvalue weighted by Crippen LogP contribution is 2.24. The molecule has 0 atom stereocenters. The molecule has 0 fully saturated rings. The number of hydrogen-bond donors (Lipinski definition) is 2. The molecule has 6 heteroatoms. The Kier molecular flexibility index (Phi) is 5.92. The first-order valence-corrected chi connectivity index (χ1v) is 8.75. The molecule has 0 radical (unpaired) electrons. The fourth-order valence-corrected chi connectivity index (χ4v) is 2.80. The Bertz CT molecular complexity index is 897. The molecule has 1 amide bonds. The van der Waals surface area contributed by atoms with E-state index in [-0.39, 0.29) is 5.91 Å². The number of carbonyl (C=O) groups excluding carboxylic acids is 1. The highest BCUT2D eigenvalue weighted by Gasteiger charge is 2.05. The Balaban J connectivity index is 1.48. The number of methoxy groups -OCH3 is 1. The van der Waals surface area contributed by atoms with E-state index in [9.17, 15) is 4.79 Å². The zero-order chi connectivity index (χ0) is 18.4. The minimum absolute atomic E-state index is 0.0864. The molecule has 0 bridgehead atoms. The molecule has 1 aromatic heterocycles. The summed E-state index contributed by atoms with van der Waals surface area (Å²) in [4.78, 5) is 16.4. The van der Waals surface area contributed by atoms with Crippen molar-refractivity contribution in [1.29, 1.82) is 0 Å². The van der Waals surface area contributed by atoms with Crippen molar-refractivity contribution in [3.05, 3.63) is 65.3 Å². The van der Waals surface area contributed by atoms with Crippen LogP contribution in [0.5, 0.6) is 5.75 Å². The second-order valence-electron chi connectivity index (χ2n) is 5.78. The van der Waals surface area contributed by atoms with Crippen molar-refractivity contribution in [3.8, 4) is 5.75 Å². The largest absolute Gasteiger partial charge is 0.497 e. The van der Waals surface area contributed by atoms with Gasteiger partial charge in [-0.2, -0.15) is 0 Å². The highest BCUT2D eigenvalue weighted by molar-refractivity contribution is 6.31. The van der Waals surface area contributed by atoms with Gasteiger partial charge in [-0.3, -0.25) is 9.78 Å². The summed E-state index contributed by atoms with van der Waals surface area (Å²) in [6.07, 6.45) is 2.56. The molecule has 5 nitrogen and oxygen atoms in total. The van der Waals surface area contributed by atoms with Crippen LogP contribution in [0.1, 0.15) is 16.8 Å². The minimum atomic E-state index is -0.0864. The summed E-state index contributed by atoms with van der Waals surface area (Å²) in [6, 6.07) is 14.6. The molecule has 0 aliphatic rings. The van der Waals surface area contributed by atoms with E-state index in [2.05, 4.69) is 15.6 Å². The highest BCUT2D eigenvalue weighted by atomic mass is 35.5. The number of ether oxygens (including phenoxy) is 1. The van der Waals surface area contributed by atoms with E-state index >= 15 is 0 Å². The standard InChI is InChI=1S/C20H20ClN3O2/c1-26-16-6-3-14(4-7-16)20(25)24-11-2-10-22-18-9-12-23-19-13-15(21)5-8-17(18)19/h3-9,12-13H,2,10-11H2,1H3,(H,22,23)(H,24,25). The Labute approximate surface area is 157 Å². The van der Waals surface area contributed by atoms with Gasteiger partial charge in [0.25, 0.3) is 5.91 Å². The number of anilines is 1. The van der Waals surface area contributed by atoms with Crippen molar-refractivity contribution in [1.82, 2.24) is 10.3 Å². The molecule has 0 aliphatic heterocycles. The minimum Gasteiger partial charge on any atom is -0.497 e. The van der Waals surface area contributed by atoms with Crippen LogP contribution < -0.4 is 15.4 Å². The maximum absolute atomic E-state index is 12.1. The summed E-state index contributed by atoms with van der Waals surface area (Å²) in [6.45, 7) is 1.33. The van der Waals surface area contributed by atoms with Crippen molar-refractivity contribution in [2.24, 2.45) is 0 Å². The SMILES string of the molecule is COc1ccc(C(=O)NCCCNc2ccnc3cc(Cl)ccc23)cc1. The average molecular weight is 370 g/mol. The van der Waals surface area contributed by atoms with Crippen LogP contribution >= 0.6 is 11.6 Å². The summed E-state index contributed by atoms with van der Waals surface area (Å²) in [5.74, 6) is 0.647. The molecule has 3 rings (SSSR count). The summed E-state index contributed by atoms with van der Waals surface area (Å²) in [5.41, 5.74) is 2.49. The van der Waals surface area contributed by atoms with Crippen LogP contribution in [0.2, 0.25) is 5.02 Å². The number of aromatic nitrogens is 1. The Hall–Kier alpha value is -2.79. The lowest BCUT2D eigenvalue weighted by Crippen LogP contribution is -2.25. The van der Waals surface area contributed by atoms with Crippen molar-refractivity contribution >= 4 is 34.1 Å². The van der Waals surface area contributed by atoms with Crippen LogP contribution in [0.15, 0.2) is 54.7 Å². The van der Waals surface area contributed by atoms with Crippen LogP contribution in [-0.2, 0) is 0 Å². The fourth-order valence-electron chi connectivity index (χ4n) is 2.63. The van der Waals surface area contributed by atoms with Gasteiger partial charge in [0, 0.05) is 40.9 Å². The summed E-state index contributed by atoms with van der Waals surface area (Å²) in [7, 11) is 1.60. The summed E-state index contributed by atoms with van der Waals surface area (Å²) < 4.78 is 5.09. The summed E-state index contributed by atoms with van der Waals surface area (Å²) in [5, 5.41) is 8.00. The number of benzene rings is 2. The second-order valence-corrected chi connectivity index (χ2v) is 6.22. The lowest BCUT2D eigenvalue weighted by molar-refractivity contribution is 0.0953. The Morgan fingerprint density at radius 1 is 1.12 bits per heavy atom. The average Bonchev–Trinajstić information content (AvgIpc) is 2.67. The normalized spacial score (nSPS) is 10.5. The maximum atomic E-state index is 12.1. The van der Waals surface area contributed by atoms with E-state index in [1.165, 1.54) is 0 Å². The quantitative estimate of drug-likeness (QED) is 0.615. The second kappa shape index (κ2) is 8.54. The fraction of sp³-hybridized carbons (Fsp3) is 0.200. The predicted octanol–water partition coefficient (Wildman–Crippen LogP) is 4.13. The Morgan fingerprint density at radius 3 is 2.69 bits per heavy atom. The topological polar surface area (TPSA) is 63.2 Å². The number of nitrogens with one attached hydrogen (secondary N) is 2. The number of nitrogens with zero attached hydrogens (tertiary/aromatic N) is 1. The monoisotopic (exact) mass is 369 g/mol. The van der Waals surface area contributed by atoms with Gasteiger partial charge in [-0.1, -0.05) is 11.6 Å². The smallest absolute Gasteiger partial charge is 0.251 e. The number of pyridine rings is 1. The van der Waals surface area contributed by atoms with Gasteiger partial charge in [0.05, 0.1) is 12.6 Å². The van der Waals surface area contributed by atoms with Crippen LogP contribution in [0.3, 0.4) is 0 Å². The molecule has 2 N–H and O–H groups in total. The van der Waals surface area contributed by atoms with Gasteiger partial charge < -0.3 is 15.4 Å². The molecule has 0 aliphatic carbocycles. The molecule has 0 saturated heterocycles. The van der Waals surface area contributed by atoms with E-state index in [4.69, 9.17) is 16.3 Å². The van der Waals surface area contributed by atoms with E-state index < -0.39 is 0 Å². The van der Waals surface area contributed by atoms with Crippen LogP contribution in [0.25, 0.3) is 10.9 Å². The zero-order valence-corrected chi connectivity index (χ0v) is 15.2. The Morgan fingerprint density at radius 2 is 1.92 bits per heavy atom. The van der Waals surface area contributed by atoms with Crippen LogP contribution in [0.4, 0.5) is 5.69 Å². The first kappa shape index (κ1) is 18.0. The third kappa shape index (κ3) is 4.43. The third-order valence-corrected chi connectivity index (χ3v) is 4.25. The number of rotatable bonds is 7. The van der Waals surface area contributed by atoms with Crippen LogP contribution in [-0.4, -0.2) is 31.1 Å². The molecule has 3 aromatic rings. The number of carbonyl (C=O) groups is 1. The molecular weight excluding hydrogens is 350 g/mol. The number of amides is 1. The van der Waals surface area contributed by atoms with Gasteiger partial charge in [0.15, 0.2) is 0 Å². The predicted molar refractivity (Wildman–Crippen MR) is 105 cm³/mol. The van der Waals surface area contributed by atoms with E-state index in [1.807, 2.05) is 24.3 Å². The number of hydrogen-bond acceptors (Lipinski definition) is 4. The third-order valence-electron chi connectivity index (χ3n) is 4.01. The molecule has 26 heavy (non-hydrogen) atoms. The van der Waals surface area contributed by atoms with Gasteiger partial charge in [-0.05, 0) is 55.0 Å². The first-order chi connectivity index (χ1) is 12.7. The van der Waals surface area contributed by atoms with Gasteiger partial charge in [0.2, 0.25) is 0 Å². The maximum Gasteiger partial charge on any atom is 0.251 e. The van der Waals surface area contributed by atoms with Gasteiger partial charge in [0.1, 0.15) is 5.75 Å². The molecule has 0 unspecified atom stereocenters. The van der Waals surface area contributed by atoms with Gasteiger partial charge in [-0.25, -0.2) is 0 Å². The lowest BCUT2D eigenvalue weighted by atomic mass is 10.2. The van der Waals surface area contributed by atoms with Crippen molar-refractivity contribution in [2.45, 2.75) is 6.42 Å². The molecule has 0 saturated carbocycles. The van der Waals surface area contributed by atoms with Crippen molar-refractivity contribution < 1.29 is 9.53 Å². The lowest BCUT2D eigenvalue weighted by Gasteiger charge is -2.10. The van der Waals surface area contributed by atoms with Crippen LogP contribution in [0, 0.1) is 0 Å². The van der Waals surface area contributed by atoms with Gasteiger partial charge >= 0.3 is 0 Å². The summed E-state index contributed by atoms with van der Waals surface area (Å²) >= 11 is 6.01. The molecular formula is C20H20ClN3O2. The number of fused-ring (bicyclic) bond motifs is 1. The zero-order valence-electron chi connectivity index (χ0n) is 14.5. The molecule has 134 valence electrons. The van der Waals surface area contributed by atoms with E-state index in [0.717, 1.165) is 35.3 Å².